The van der Waals surface area contributed by atoms with Gasteiger partial charge in [-0.25, -0.2) is 5.01 Å². The normalized spacial score (nSPS) is 20.8. The number of carbonyl (C=O) groups is 1. The number of rotatable bonds is 5. The molecule has 1 aromatic heterocycles. The first-order chi connectivity index (χ1) is 16.6. The summed E-state index contributed by atoms with van der Waals surface area (Å²) < 4.78 is 1.42. The molecule has 1 saturated carbocycles. The smallest absolute Gasteiger partial charge is 0.265 e. The van der Waals surface area contributed by atoms with E-state index in [2.05, 4.69) is 11.2 Å². The highest BCUT2D eigenvalue weighted by molar-refractivity contribution is 6.09. The highest BCUT2D eigenvalue weighted by atomic mass is 16.6. The lowest BCUT2D eigenvalue weighted by molar-refractivity contribution is -0.385. The van der Waals surface area contributed by atoms with Gasteiger partial charge in [0.25, 0.3) is 0 Å². The molecule has 0 radical (unpaired) electrons. The topological polar surface area (TPSA) is 93.6 Å². The van der Waals surface area contributed by atoms with Crippen molar-refractivity contribution >= 4 is 23.4 Å². The van der Waals surface area contributed by atoms with Crippen LogP contribution >= 0.6 is 0 Å². The summed E-state index contributed by atoms with van der Waals surface area (Å²) in [5.74, 6) is -0.531. The third-order valence-electron chi connectivity index (χ3n) is 6.46. The lowest BCUT2D eigenvalue weighted by Crippen LogP contribution is -2.32. The Morgan fingerprint density at radius 3 is 2.53 bits per heavy atom. The van der Waals surface area contributed by atoms with E-state index in [0.29, 0.717) is 6.54 Å². The molecular formula is C26H25N5O3. The fourth-order valence-electron chi connectivity index (χ4n) is 4.87. The monoisotopic (exact) mass is 455 g/mol. The molecule has 3 aromatic rings. The number of aryl methyl sites for hydroxylation is 1. The molecule has 1 aliphatic carbocycles. The van der Waals surface area contributed by atoms with Gasteiger partial charge in [-0.2, -0.15) is 10.2 Å². The minimum atomic E-state index is -0.555. The second-order valence-corrected chi connectivity index (χ2v) is 8.55. The fraction of sp³-hybridized carbons (Fsp3) is 0.269. The zero-order valence-electron chi connectivity index (χ0n) is 18.9. The standard InChI is InChI=1S/C26H25N5O3/c1-2-29-17-22(31(33)34)24(27-29)26(32)30-25(19-12-7-4-8-13-19)21-15-9-14-20(23(21)28-30)16-18-10-5-3-6-11-18/h3-8,10-13,16-17,21,25H,2,9,14-15H2,1H3/b20-16+/t21-,25-/m1/s1. The van der Waals surface area contributed by atoms with Gasteiger partial charge in [-0.1, -0.05) is 60.7 Å². The van der Waals surface area contributed by atoms with E-state index >= 15 is 0 Å². The number of benzene rings is 2. The highest BCUT2D eigenvalue weighted by Gasteiger charge is 2.45. The number of fused-ring (bicyclic) bond motifs is 1. The Morgan fingerprint density at radius 2 is 1.85 bits per heavy atom. The van der Waals surface area contributed by atoms with Crippen LogP contribution in [0.3, 0.4) is 0 Å². The van der Waals surface area contributed by atoms with Crippen molar-refractivity contribution in [3.8, 4) is 0 Å². The molecule has 1 amide bonds. The van der Waals surface area contributed by atoms with Crippen LogP contribution in [0.4, 0.5) is 5.69 Å². The largest absolute Gasteiger partial charge is 0.320 e. The van der Waals surface area contributed by atoms with Gasteiger partial charge in [0.15, 0.2) is 0 Å². The zero-order chi connectivity index (χ0) is 23.7. The van der Waals surface area contributed by atoms with E-state index in [4.69, 9.17) is 5.10 Å². The van der Waals surface area contributed by atoms with Gasteiger partial charge >= 0.3 is 11.6 Å². The average Bonchev–Trinajstić information content (AvgIpc) is 3.48. The molecule has 0 saturated heterocycles. The van der Waals surface area contributed by atoms with Crippen LogP contribution in [0.2, 0.25) is 0 Å². The third kappa shape index (κ3) is 3.91. The molecule has 34 heavy (non-hydrogen) atoms. The number of carbonyl (C=O) groups excluding carboxylic acids is 1. The van der Waals surface area contributed by atoms with Crippen molar-refractivity contribution in [3.63, 3.8) is 0 Å². The summed E-state index contributed by atoms with van der Waals surface area (Å²) >= 11 is 0. The fourth-order valence-corrected chi connectivity index (χ4v) is 4.87. The van der Waals surface area contributed by atoms with E-state index in [0.717, 1.165) is 41.7 Å². The van der Waals surface area contributed by atoms with E-state index in [1.54, 1.807) is 0 Å². The van der Waals surface area contributed by atoms with Gasteiger partial charge in [0.1, 0.15) is 6.20 Å². The molecule has 2 atom stereocenters. The molecule has 1 fully saturated rings. The maximum Gasteiger partial charge on any atom is 0.320 e. The first-order valence-electron chi connectivity index (χ1n) is 11.5. The molecule has 2 heterocycles. The number of aromatic nitrogens is 2. The lowest BCUT2D eigenvalue weighted by atomic mass is 9.77. The van der Waals surface area contributed by atoms with E-state index in [-0.39, 0.29) is 23.3 Å². The molecule has 8 heteroatoms. The maximum absolute atomic E-state index is 13.7. The zero-order valence-corrected chi connectivity index (χ0v) is 18.9. The average molecular weight is 456 g/mol. The van der Waals surface area contributed by atoms with Crippen molar-refractivity contribution in [1.29, 1.82) is 0 Å². The highest BCUT2D eigenvalue weighted by Crippen LogP contribution is 2.45. The predicted molar refractivity (Wildman–Crippen MR) is 129 cm³/mol. The number of nitrogens with zero attached hydrogens (tertiary/aromatic N) is 5. The molecule has 8 nitrogen and oxygen atoms in total. The molecule has 0 bridgehead atoms. The van der Waals surface area contributed by atoms with Crippen LogP contribution in [0.25, 0.3) is 6.08 Å². The first-order valence-corrected chi connectivity index (χ1v) is 11.5. The van der Waals surface area contributed by atoms with Crippen molar-refractivity contribution in [2.75, 3.05) is 0 Å². The van der Waals surface area contributed by atoms with Gasteiger partial charge in [0.2, 0.25) is 5.69 Å². The molecule has 0 unspecified atom stereocenters. The second-order valence-electron chi connectivity index (χ2n) is 8.55. The molecular weight excluding hydrogens is 430 g/mol. The summed E-state index contributed by atoms with van der Waals surface area (Å²) in [6.07, 6.45) is 6.19. The summed E-state index contributed by atoms with van der Waals surface area (Å²) in [6, 6.07) is 19.5. The number of hydrogen-bond donors (Lipinski definition) is 0. The summed E-state index contributed by atoms with van der Waals surface area (Å²) in [5.41, 5.74) is 3.55. The Balaban J connectivity index is 1.61. The number of nitro groups is 1. The van der Waals surface area contributed by atoms with Gasteiger partial charge in [-0.15, -0.1) is 0 Å². The van der Waals surface area contributed by atoms with Gasteiger partial charge in [-0.05, 0) is 49.0 Å². The van der Waals surface area contributed by atoms with Crippen molar-refractivity contribution in [3.05, 3.63) is 99.4 Å². The van der Waals surface area contributed by atoms with Crippen LogP contribution in [0, 0.1) is 16.0 Å². The predicted octanol–water partition coefficient (Wildman–Crippen LogP) is 5.25. The molecule has 0 spiro atoms. The van der Waals surface area contributed by atoms with Crippen molar-refractivity contribution in [2.24, 2.45) is 11.0 Å². The van der Waals surface area contributed by atoms with Crippen LogP contribution in [0.1, 0.15) is 53.8 Å². The van der Waals surface area contributed by atoms with E-state index in [1.165, 1.54) is 15.9 Å². The number of amides is 1. The molecule has 2 aromatic carbocycles. The van der Waals surface area contributed by atoms with E-state index in [9.17, 15) is 14.9 Å². The minimum absolute atomic E-state index is 0.0161. The lowest BCUT2D eigenvalue weighted by Gasteiger charge is -2.29. The van der Waals surface area contributed by atoms with E-state index < -0.39 is 10.8 Å². The third-order valence-corrected chi connectivity index (χ3v) is 6.46. The summed E-state index contributed by atoms with van der Waals surface area (Å²) in [6.45, 7) is 2.25. The SMILES string of the molecule is CCn1cc([N+](=O)[O-])c(C(=O)N2N=C3/C(=C/c4ccccc4)CCC[C@H]3[C@H]2c2ccccc2)n1. The van der Waals surface area contributed by atoms with E-state index in [1.807, 2.05) is 67.6 Å². The number of hydrogen-bond acceptors (Lipinski definition) is 5. The number of hydrazone groups is 1. The van der Waals surface area contributed by atoms with Gasteiger partial charge in [-0.3, -0.25) is 19.6 Å². The number of allylic oxidation sites excluding steroid dienone is 1. The summed E-state index contributed by atoms with van der Waals surface area (Å²) in [4.78, 5) is 24.8. The Labute approximate surface area is 197 Å². The quantitative estimate of drug-likeness (QED) is 0.388. The van der Waals surface area contributed by atoms with Crippen molar-refractivity contribution in [1.82, 2.24) is 14.8 Å². The minimum Gasteiger partial charge on any atom is -0.265 e. The van der Waals surface area contributed by atoms with Gasteiger partial charge < -0.3 is 0 Å². The molecule has 1 aliphatic heterocycles. The Kier molecular flexibility index (Phi) is 5.79. The molecule has 5 rings (SSSR count). The van der Waals surface area contributed by atoms with Crippen molar-refractivity contribution in [2.45, 2.75) is 38.8 Å². The maximum atomic E-state index is 13.7. The Hall–Kier alpha value is -4.07. The van der Waals surface area contributed by atoms with Crippen LogP contribution in [0.15, 0.2) is 77.5 Å². The molecule has 172 valence electrons. The molecule has 0 N–H and O–H groups in total. The Morgan fingerprint density at radius 1 is 1.15 bits per heavy atom. The summed E-state index contributed by atoms with van der Waals surface area (Å²) in [7, 11) is 0. The van der Waals surface area contributed by atoms with Gasteiger partial charge in [0.05, 0.1) is 16.7 Å². The summed E-state index contributed by atoms with van der Waals surface area (Å²) in [5, 5.41) is 22.1. The van der Waals surface area contributed by atoms with Crippen LogP contribution < -0.4 is 0 Å². The first kappa shape index (κ1) is 21.8. The van der Waals surface area contributed by atoms with Crippen LogP contribution in [-0.4, -0.2) is 31.3 Å². The Bertz CT molecular complexity index is 1280. The van der Waals surface area contributed by atoms with Gasteiger partial charge in [0, 0.05) is 12.5 Å². The molecule has 2 aliphatic rings. The van der Waals surface area contributed by atoms with Crippen molar-refractivity contribution < 1.29 is 9.72 Å². The van der Waals surface area contributed by atoms with Crippen LogP contribution in [0.5, 0.6) is 0 Å². The second kappa shape index (κ2) is 9.05. The van der Waals surface area contributed by atoms with Crippen LogP contribution in [-0.2, 0) is 6.54 Å².